The molecule has 2 aliphatic rings. The van der Waals surface area contributed by atoms with Crippen LogP contribution >= 0.6 is 23.2 Å². The van der Waals surface area contributed by atoms with E-state index >= 15 is 0 Å². The summed E-state index contributed by atoms with van der Waals surface area (Å²) in [6, 6.07) is 13.5. The Hall–Kier alpha value is -2.37. The number of rotatable bonds is 4. The first-order valence-electron chi connectivity index (χ1n) is 10.1. The first-order chi connectivity index (χ1) is 14.4. The highest BCUT2D eigenvalue weighted by Crippen LogP contribution is 2.41. The van der Waals surface area contributed by atoms with Crippen LogP contribution < -0.4 is 0 Å². The summed E-state index contributed by atoms with van der Waals surface area (Å²) in [7, 11) is 0. The molecule has 2 fully saturated rings. The third kappa shape index (κ3) is 3.84. The van der Waals surface area contributed by atoms with Crippen LogP contribution in [0, 0.1) is 17.8 Å². The summed E-state index contributed by atoms with van der Waals surface area (Å²) in [4.78, 5) is 39.9. The van der Waals surface area contributed by atoms with Gasteiger partial charge in [0, 0.05) is 15.6 Å². The van der Waals surface area contributed by atoms with Crippen molar-refractivity contribution in [3.8, 4) is 0 Å². The lowest BCUT2D eigenvalue weighted by atomic mass is 9.76. The maximum absolute atomic E-state index is 13.4. The Labute approximate surface area is 185 Å². The molecular weight excluding hydrogens is 423 g/mol. The van der Waals surface area contributed by atoms with Crippen LogP contribution in [0.5, 0.6) is 0 Å². The van der Waals surface area contributed by atoms with Gasteiger partial charge in [-0.05, 0) is 61.1 Å². The van der Waals surface area contributed by atoms with Crippen molar-refractivity contribution in [2.45, 2.75) is 32.7 Å². The van der Waals surface area contributed by atoms with E-state index in [-0.39, 0.29) is 30.2 Å². The smallest absolute Gasteiger partial charge is 0.272 e. The van der Waals surface area contributed by atoms with E-state index in [1.165, 1.54) is 5.01 Å². The Morgan fingerprint density at radius 2 is 1.67 bits per heavy atom. The van der Waals surface area contributed by atoms with E-state index in [1.54, 1.807) is 48.5 Å². The number of nitrogens with zero attached hydrogens (tertiary/aromatic N) is 2. The van der Waals surface area contributed by atoms with E-state index < -0.39 is 5.91 Å². The lowest BCUT2D eigenvalue weighted by molar-refractivity contribution is -0.155. The van der Waals surface area contributed by atoms with Crippen molar-refractivity contribution in [1.29, 1.82) is 0 Å². The maximum Gasteiger partial charge on any atom is 0.273 e. The monoisotopic (exact) mass is 444 g/mol. The molecule has 0 unspecified atom stereocenters. The van der Waals surface area contributed by atoms with Crippen LogP contribution in [0.2, 0.25) is 10.0 Å². The number of fused-ring (bicyclic) bond motifs is 1. The molecule has 2 aromatic rings. The molecule has 1 heterocycles. The Bertz CT molecular complexity index is 992. The van der Waals surface area contributed by atoms with Crippen LogP contribution in [-0.2, 0) is 16.1 Å². The van der Waals surface area contributed by atoms with Gasteiger partial charge in [-0.25, -0.2) is 5.01 Å². The van der Waals surface area contributed by atoms with E-state index in [0.29, 0.717) is 39.9 Å². The highest BCUT2D eigenvalue weighted by atomic mass is 35.5. The molecule has 5 nitrogen and oxygen atoms in total. The third-order valence-electron chi connectivity index (χ3n) is 6.01. The second kappa shape index (κ2) is 8.40. The molecule has 0 spiro atoms. The van der Waals surface area contributed by atoms with E-state index in [2.05, 4.69) is 6.92 Å². The highest BCUT2D eigenvalue weighted by Gasteiger charge is 2.52. The fraction of sp³-hybridized carbons (Fsp3) is 0.348. The van der Waals surface area contributed by atoms with Crippen LogP contribution in [0.25, 0.3) is 0 Å². The number of carbonyl (C=O) groups excluding carboxylic acids is 3. The van der Waals surface area contributed by atoms with Crippen LogP contribution in [0.1, 0.15) is 42.1 Å². The minimum Gasteiger partial charge on any atom is -0.272 e. The van der Waals surface area contributed by atoms with Crippen molar-refractivity contribution >= 4 is 40.9 Å². The molecule has 1 saturated carbocycles. The van der Waals surface area contributed by atoms with Crippen LogP contribution in [0.4, 0.5) is 0 Å². The predicted molar refractivity (Wildman–Crippen MR) is 115 cm³/mol. The van der Waals surface area contributed by atoms with Gasteiger partial charge in [0.15, 0.2) is 0 Å². The summed E-state index contributed by atoms with van der Waals surface area (Å²) in [5.74, 6) is -1.39. The van der Waals surface area contributed by atoms with Crippen molar-refractivity contribution in [3.63, 3.8) is 0 Å². The number of hydrazine groups is 1. The van der Waals surface area contributed by atoms with E-state index in [0.717, 1.165) is 11.4 Å². The molecule has 3 atom stereocenters. The quantitative estimate of drug-likeness (QED) is 0.625. The average molecular weight is 445 g/mol. The first kappa shape index (κ1) is 20.9. The lowest BCUT2D eigenvalue weighted by Gasteiger charge is -2.31. The van der Waals surface area contributed by atoms with Crippen LogP contribution in [-0.4, -0.2) is 27.7 Å². The minimum absolute atomic E-state index is 0.0214. The van der Waals surface area contributed by atoms with Crippen molar-refractivity contribution in [3.05, 3.63) is 69.7 Å². The van der Waals surface area contributed by atoms with Crippen LogP contribution in [0.3, 0.4) is 0 Å². The minimum atomic E-state index is -0.444. The van der Waals surface area contributed by atoms with E-state index in [4.69, 9.17) is 23.2 Å². The number of hydrogen-bond donors (Lipinski definition) is 0. The number of imide groups is 1. The normalized spacial score (nSPS) is 23.4. The van der Waals surface area contributed by atoms with Gasteiger partial charge in [0.25, 0.3) is 17.7 Å². The molecule has 0 bridgehead atoms. The summed E-state index contributed by atoms with van der Waals surface area (Å²) in [5, 5.41) is 3.26. The fourth-order valence-corrected chi connectivity index (χ4v) is 4.69. The van der Waals surface area contributed by atoms with E-state index in [9.17, 15) is 14.4 Å². The maximum atomic E-state index is 13.4. The summed E-state index contributed by atoms with van der Waals surface area (Å²) >= 11 is 12.3. The molecule has 0 aromatic heterocycles. The molecule has 156 valence electrons. The standard InChI is InChI=1S/C23H22Cl2N2O3/c1-14-6-11-18-19(12-14)23(30)27(22(18)29)26(13-16-4-2-3-5-20(16)25)21(28)15-7-9-17(24)10-8-15/h2-5,7-10,14,18-19H,6,11-13H2,1H3/t14-,18-,19-/m1/s1. The van der Waals surface area contributed by atoms with Gasteiger partial charge in [0.1, 0.15) is 0 Å². The van der Waals surface area contributed by atoms with Crippen molar-refractivity contribution in [1.82, 2.24) is 10.0 Å². The number of halogens is 2. The Morgan fingerprint density at radius 1 is 1.00 bits per heavy atom. The Balaban J connectivity index is 1.72. The molecule has 7 heteroatoms. The highest BCUT2D eigenvalue weighted by molar-refractivity contribution is 6.31. The molecular formula is C23H22Cl2N2O3. The summed E-state index contributed by atoms with van der Waals surface area (Å²) in [6.07, 6.45) is 2.24. The van der Waals surface area contributed by atoms with Gasteiger partial charge < -0.3 is 0 Å². The predicted octanol–water partition coefficient (Wildman–Crippen LogP) is 4.97. The van der Waals surface area contributed by atoms with Gasteiger partial charge >= 0.3 is 0 Å². The number of carbonyl (C=O) groups is 3. The Morgan fingerprint density at radius 3 is 2.37 bits per heavy atom. The molecule has 0 N–H and O–H groups in total. The molecule has 1 saturated heterocycles. The number of amides is 3. The molecule has 0 radical (unpaired) electrons. The van der Waals surface area contributed by atoms with Gasteiger partial charge in [0.05, 0.1) is 18.4 Å². The zero-order chi connectivity index (χ0) is 21.4. The molecule has 4 rings (SSSR count). The van der Waals surface area contributed by atoms with Crippen molar-refractivity contribution in [2.24, 2.45) is 17.8 Å². The van der Waals surface area contributed by atoms with Gasteiger partial charge in [-0.3, -0.25) is 14.4 Å². The third-order valence-corrected chi connectivity index (χ3v) is 6.63. The SMILES string of the molecule is C[C@@H]1CC[C@H]2C(=O)N(N(Cc3ccccc3Cl)C(=O)c3ccc(Cl)cc3)C(=O)[C@@H]2C1. The van der Waals surface area contributed by atoms with Gasteiger partial charge in [0.2, 0.25) is 0 Å². The van der Waals surface area contributed by atoms with Crippen molar-refractivity contribution < 1.29 is 14.4 Å². The number of hydrogen-bond acceptors (Lipinski definition) is 3. The topological polar surface area (TPSA) is 57.7 Å². The fourth-order valence-electron chi connectivity index (χ4n) is 4.37. The van der Waals surface area contributed by atoms with Gasteiger partial charge in [-0.2, -0.15) is 5.01 Å². The molecule has 30 heavy (non-hydrogen) atoms. The second-order valence-electron chi connectivity index (χ2n) is 8.08. The number of benzene rings is 2. The van der Waals surface area contributed by atoms with Crippen molar-refractivity contribution in [2.75, 3.05) is 0 Å². The largest absolute Gasteiger partial charge is 0.273 e. The Kier molecular flexibility index (Phi) is 5.85. The lowest BCUT2D eigenvalue weighted by Crippen LogP contribution is -2.49. The summed E-state index contributed by atoms with van der Waals surface area (Å²) in [5.41, 5.74) is 1.00. The summed E-state index contributed by atoms with van der Waals surface area (Å²) in [6.45, 7) is 2.12. The molecule has 1 aliphatic carbocycles. The summed E-state index contributed by atoms with van der Waals surface area (Å²) < 4.78 is 0. The first-order valence-corrected chi connectivity index (χ1v) is 10.8. The molecule has 2 aromatic carbocycles. The second-order valence-corrected chi connectivity index (χ2v) is 8.92. The molecule has 3 amide bonds. The van der Waals surface area contributed by atoms with Crippen LogP contribution in [0.15, 0.2) is 48.5 Å². The zero-order valence-electron chi connectivity index (χ0n) is 16.6. The van der Waals surface area contributed by atoms with Gasteiger partial charge in [-0.1, -0.05) is 48.3 Å². The van der Waals surface area contributed by atoms with Gasteiger partial charge in [-0.15, -0.1) is 0 Å². The molecule has 1 aliphatic heterocycles. The van der Waals surface area contributed by atoms with E-state index in [1.807, 2.05) is 0 Å². The zero-order valence-corrected chi connectivity index (χ0v) is 18.1. The average Bonchev–Trinajstić information content (AvgIpc) is 2.97.